The third-order valence-electron chi connectivity index (χ3n) is 5.00. The number of rotatable bonds is 4. The first-order valence-corrected chi connectivity index (χ1v) is 8.22. The van der Waals surface area contributed by atoms with E-state index in [-0.39, 0.29) is 17.6 Å². The van der Waals surface area contributed by atoms with Crippen LogP contribution in [0.1, 0.15) is 35.2 Å². The number of ether oxygens (including phenoxy) is 3. The molecule has 0 radical (unpaired) electrons. The number of carbonyl (C=O) groups is 1. The Balaban J connectivity index is 1.68. The van der Waals surface area contributed by atoms with Gasteiger partial charge in [0.25, 0.3) is 5.91 Å². The van der Waals surface area contributed by atoms with Crippen LogP contribution in [0.4, 0.5) is 0 Å². The number of methoxy groups -OCH3 is 2. The minimum absolute atomic E-state index is 0.0459. The highest BCUT2D eigenvalue weighted by atomic mass is 16.5. The molecule has 2 fully saturated rings. The molecule has 1 spiro atoms. The number of hydrogen-bond acceptors (Lipinski definition) is 4. The minimum Gasteiger partial charge on any atom is -0.380 e. The van der Waals surface area contributed by atoms with Crippen LogP contribution >= 0.6 is 0 Å². The van der Waals surface area contributed by atoms with Gasteiger partial charge in [0, 0.05) is 39.5 Å². The van der Waals surface area contributed by atoms with Crippen molar-refractivity contribution in [3.8, 4) is 0 Å². The predicted molar refractivity (Wildman–Crippen MR) is 86.4 cm³/mol. The van der Waals surface area contributed by atoms with E-state index in [1.165, 1.54) is 0 Å². The van der Waals surface area contributed by atoms with E-state index in [4.69, 9.17) is 14.2 Å². The molecule has 126 valence electrons. The Kier molecular flexibility index (Phi) is 4.99. The number of nitrogens with zero attached hydrogens (tertiary/aromatic N) is 1. The third kappa shape index (κ3) is 3.27. The van der Waals surface area contributed by atoms with Crippen molar-refractivity contribution >= 4 is 5.91 Å². The third-order valence-corrected chi connectivity index (χ3v) is 5.00. The molecular formula is C18H25NO4. The molecule has 1 aromatic carbocycles. The molecule has 0 aromatic heterocycles. The summed E-state index contributed by atoms with van der Waals surface area (Å²) in [6.45, 7) is 2.67. The zero-order valence-electron chi connectivity index (χ0n) is 13.9. The Morgan fingerprint density at radius 1 is 1.30 bits per heavy atom. The van der Waals surface area contributed by atoms with Gasteiger partial charge < -0.3 is 19.1 Å². The molecule has 0 N–H and O–H groups in total. The van der Waals surface area contributed by atoms with Gasteiger partial charge in [-0.25, -0.2) is 0 Å². The summed E-state index contributed by atoms with van der Waals surface area (Å²) in [4.78, 5) is 14.6. The molecule has 2 saturated heterocycles. The van der Waals surface area contributed by atoms with E-state index < -0.39 is 0 Å². The summed E-state index contributed by atoms with van der Waals surface area (Å²) in [6.07, 6.45) is 2.91. The van der Waals surface area contributed by atoms with Crippen LogP contribution in [-0.2, 0) is 20.8 Å². The Morgan fingerprint density at radius 2 is 2.09 bits per heavy atom. The van der Waals surface area contributed by atoms with Crippen molar-refractivity contribution in [1.82, 2.24) is 4.90 Å². The van der Waals surface area contributed by atoms with Gasteiger partial charge in [0.2, 0.25) is 0 Å². The number of carbonyl (C=O) groups excluding carboxylic acids is 1. The monoisotopic (exact) mass is 319 g/mol. The van der Waals surface area contributed by atoms with Crippen LogP contribution in [0.25, 0.3) is 0 Å². The van der Waals surface area contributed by atoms with Crippen molar-refractivity contribution in [2.45, 2.75) is 37.6 Å². The van der Waals surface area contributed by atoms with E-state index in [1.807, 2.05) is 29.2 Å². The van der Waals surface area contributed by atoms with Crippen molar-refractivity contribution < 1.29 is 19.0 Å². The SMILES string of the molecule is COCc1ccc(C(=O)N2CC[C@@]3(CCCO3)[C@@H](OC)C2)cc1. The lowest BCUT2D eigenvalue weighted by Gasteiger charge is -2.44. The summed E-state index contributed by atoms with van der Waals surface area (Å²) >= 11 is 0. The molecule has 3 rings (SSSR count). The van der Waals surface area contributed by atoms with E-state index in [1.54, 1.807) is 14.2 Å². The van der Waals surface area contributed by atoms with Crippen LogP contribution in [0.3, 0.4) is 0 Å². The second-order valence-electron chi connectivity index (χ2n) is 6.37. The summed E-state index contributed by atoms with van der Waals surface area (Å²) in [7, 11) is 3.38. The smallest absolute Gasteiger partial charge is 0.253 e. The summed E-state index contributed by atoms with van der Waals surface area (Å²) in [5.74, 6) is 0.0591. The van der Waals surface area contributed by atoms with Gasteiger partial charge in [-0.2, -0.15) is 0 Å². The van der Waals surface area contributed by atoms with Crippen LogP contribution in [0.15, 0.2) is 24.3 Å². The van der Waals surface area contributed by atoms with E-state index in [0.717, 1.165) is 38.0 Å². The Morgan fingerprint density at radius 3 is 2.70 bits per heavy atom. The largest absolute Gasteiger partial charge is 0.380 e. The maximum atomic E-state index is 12.7. The van der Waals surface area contributed by atoms with Crippen molar-refractivity contribution in [2.24, 2.45) is 0 Å². The number of amides is 1. The lowest BCUT2D eigenvalue weighted by Crippen LogP contribution is -2.57. The van der Waals surface area contributed by atoms with Gasteiger partial charge in [-0.3, -0.25) is 4.79 Å². The lowest BCUT2D eigenvalue weighted by molar-refractivity contribution is -0.136. The number of hydrogen-bond donors (Lipinski definition) is 0. The van der Waals surface area contributed by atoms with Crippen LogP contribution in [0.5, 0.6) is 0 Å². The molecule has 1 aromatic rings. The van der Waals surface area contributed by atoms with Crippen molar-refractivity contribution in [3.05, 3.63) is 35.4 Å². The zero-order chi connectivity index (χ0) is 16.3. The first-order valence-electron chi connectivity index (χ1n) is 8.22. The van der Waals surface area contributed by atoms with Gasteiger partial charge in [0.15, 0.2) is 0 Å². The average molecular weight is 319 g/mol. The standard InChI is InChI=1S/C18H25NO4/c1-21-13-14-4-6-15(7-5-14)17(20)19-10-9-18(8-3-11-23-18)16(12-19)22-2/h4-7,16H,3,8-13H2,1-2H3/t16-,18-/m0/s1. The molecule has 1 amide bonds. The second-order valence-corrected chi connectivity index (χ2v) is 6.37. The van der Waals surface area contributed by atoms with E-state index in [0.29, 0.717) is 18.7 Å². The minimum atomic E-state index is -0.187. The average Bonchev–Trinajstić information content (AvgIpc) is 3.05. The second kappa shape index (κ2) is 6.99. The topological polar surface area (TPSA) is 48.0 Å². The van der Waals surface area contributed by atoms with E-state index in [2.05, 4.69) is 0 Å². The van der Waals surface area contributed by atoms with Gasteiger partial charge in [-0.15, -0.1) is 0 Å². The normalized spacial score (nSPS) is 27.6. The van der Waals surface area contributed by atoms with E-state index in [9.17, 15) is 4.79 Å². The van der Waals surface area contributed by atoms with Gasteiger partial charge in [-0.05, 0) is 37.0 Å². The number of likely N-dealkylation sites (tertiary alicyclic amines) is 1. The molecule has 2 atom stereocenters. The molecule has 0 saturated carbocycles. The molecule has 23 heavy (non-hydrogen) atoms. The molecule has 2 aliphatic rings. The van der Waals surface area contributed by atoms with Crippen LogP contribution in [0, 0.1) is 0 Å². The molecular weight excluding hydrogens is 294 g/mol. The highest BCUT2D eigenvalue weighted by molar-refractivity contribution is 5.94. The molecule has 0 aliphatic carbocycles. The molecule has 5 heteroatoms. The highest BCUT2D eigenvalue weighted by Gasteiger charge is 2.47. The molecule has 2 aliphatic heterocycles. The Bertz CT molecular complexity index is 536. The molecule has 0 bridgehead atoms. The number of piperidine rings is 1. The van der Waals surface area contributed by atoms with Crippen LogP contribution in [-0.4, -0.2) is 56.4 Å². The fourth-order valence-electron chi connectivity index (χ4n) is 3.68. The fraction of sp³-hybridized carbons (Fsp3) is 0.611. The Labute approximate surface area is 137 Å². The first kappa shape index (κ1) is 16.4. The first-order chi connectivity index (χ1) is 11.2. The summed E-state index contributed by atoms with van der Waals surface area (Å²) in [5, 5.41) is 0. The zero-order valence-corrected chi connectivity index (χ0v) is 13.9. The lowest BCUT2D eigenvalue weighted by atomic mass is 9.85. The molecule has 5 nitrogen and oxygen atoms in total. The van der Waals surface area contributed by atoms with Gasteiger partial charge in [0.05, 0.1) is 12.2 Å². The van der Waals surface area contributed by atoms with Crippen LogP contribution < -0.4 is 0 Å². The van der Waals surface area contributed by atoms with Crippen LogP contribution in [0.2, 0.25) is 0 Å². The highest BCUT2D eigenvalue weighted by Crippen LogP contribution is 2.37. The number of benzene rings is 1. The summed E-state index contributed by atoms with van der Waals surface area (Å²) in [5.41, 5.74) is 1.59. The van der Waals surface area contributed by atoms with Gasteiger partial charge >= 0.3 is 0 Å². The maximum absolute atomic E-state index is 12.7. The van der Waals surface area contributed by atoms with Crippen molar-refractivity contribution in [2.75, 3.05) is 33.9 Å². The summed E-state index contributed by atoms with van der Waals surface area (Å²) in [6, 6.07) is 7.62. The van der Waals surface area contributed by atoms with Crippen molar-refractivity contribution in [1.29, 1.82) is 0 Å². The predicted octanol–water partition coefficient (Wildman–Crippen LogP) is 2.24. The maximum Gasteiger partial charge on any atom is 0.253 e. The Hall–Kier alpha value is -1.43. The fourth-order valence-corrected chi connectivity index (χ4v) is 3.68. The van der Waals surface area contributed by atoms with Gasteiger partial charge in [0.1, 0.15) is 6.10 Å². The van der Waals surface area contributed by atoms with E-state index >= 15 is 0 Å². The van der Waals surface area contributed by atoms with Gasteiger partial charge in [-0.1, -0.05) is 12.1 Å². The quantitative estimate of drug-likeness (QED) is 0.854. The summed E-state index contributed by atoms with van der Waals surface area (Å²) < 4.78 is 16.7. The molecule has 0 unspecified atom stereocenters. The molecule has 2 heterocycles. The van der Waals surface area contributed by atoms with Crippen molar-refractivity contribution in [3.63, 3.8) is 0 Å².